The molecule has 0 aliphatic carbocycles. The molecule has 27 heavy (non-hydrogen) atoms. The number of halogens is 1. The second kappa shape index (κ2) is 9.72. The SMILES string of the molecule is CC(NC(=O)COC(=O)c1ccc(CNC(N)=O)cc1)c1ccc(Br)cc1. The monoisotopic (exact) mass is 433 g/mol. The van der Waals surface area contributed by atoms with Crippen LogP contribution in [0.5, 0.6) is 0 Å². The van der Waals surface area contributed by atoms with Crippen molar-refractivity contribution >= 4 is 33.8 Å². The highest BCUT2D eigenvalue weighted by molar-refractivity contribution is 9.10. The van der Waals surface area contributed by atoms with Crippen molar-refractivity contribution in [2.24, 2.45) is 5.73 Å². The van der Waals surface area contributed by atoms with Gasteiger partial charge < -0.3 is 21.1 Å². The third-order valence-corrected chi connectivity index (χ3v) is 4.27. The minimum absolute atomic E-state index is 0.207. The molecule has 0 aliphatic rings. The molecule has 8 heteroatoms. The molecule has 0 aromatic heterocycles. The predicted molar refractivity (Wildman–Crippen MR) is 104 cm³/mol. The Morgan fingerprint density at radius 3 is 2.30 bits per heavy atom. The molecule has 0 spiro atoms. The lowest BCUT2D eigenvalue weighted by Gasteiger charge is -2.14. The Hall–Kier alpha value is -2.87. The second-order valence-electron chi connectivity index (χ2n) is 5.83. The molecule has 0 saturated carbocycles. The van der Waals surface area contributed by atoms with Gasteiger partial charge in [0.15, 0.2) is 6.61 Å². The van der Waals surface area contributed by atoms with Crippen molar-refractivity contribution in [3.8, 4) is 0 Å². The average Bonchev–Trinajstić information content (AvgIpc) is 2.65. The van der Waals surface area contributed by atoms with E-state index in [1.54, 1.807) is 24.3 Å². The van der Waals surface area contributed by atoms with Crippen LogP contribution in [-0.4, -0.2) is 24.5 Å². The lowest BCUT2D eigenvalue weighted by molar-refractivity contribution is -0.124. The van der Waals surface area contributed by atoms with E-state index in [-0.39, 0.29) is 25.1 Å². The first-order chi connectivity index (χ1) is 12.8. The van der Waals surface area contributed by atoms with Crippen molar-refractivity contribution in [2.45, 2.75) is 19.5 Å². The Balaban J connectivity index is 1.81. The van der Waals surface area contributed by atoms with Crippen LogP contribution >= 0.6 is 15.9 Å². The van der Waals surface area contributed by atoms with E-state index in [1.165, 1.54) is 0 Å². The molecule has 2 rings (SSSR count). The molecule has 0 fully saturated rings. The van der Waals surface area contributed by atoms with Crippen molar-refractivity contribution in [3.63, 3.8) is 0 Å². The highest BCUT2D eigenvalue weighted by Crippen LogP contribution is 2.16. The molecular formula is C19H20BrN3O4. The van der Waals surface area contributed by atoms with Gasteiger partial charge in [0.1, 0.15) is 0 Å². The first-order valence-corrected chi connectivity index (χ1v) is 8.98. The number of nitrogens with two attached hydrogens (primary N) is 1. The van der Waals surface area contributed by atoms with E-state index in [4.69, 9.17) is 10.5 Å². The van der Waals surface area contributed by atoms with Gasteiger partial charge in [0, 0.05) is 11.0 Å². The molecule has 142 valence electrons. The van der Waals surface area contributed by atoms with E-state index in [1.807, 2.05) is 31.2 Å². The maximum atomic E-state index is 12.0. The zero-order chi connectivity index (χ0) is 19.8. The molecule has 0 saturated heterocycles. The van der Waals surface area contributed by atoms with Gasteiger partial charge in [-0.15, -0.1) is 0 Å². The van der Waals surface area contributed by atoms with Gasteiger partial charge >= 0.3 is 12.0 Å². The zero-order valence-electron chi connectivity index (χ0n) is 14.7. The number of amides is 3. The van der Waals surface area contributed by atoms with Crippen molar-refractivity contribution in [3.05, 3.63) is 69.7 Å². The van der Waals surface area contributed by atoms with Crippen LogP contribution in [0.25, 0.3) is 0 Å². The summed E-state index contributed by atoms with van der Waals surface area (Å²) in [6, 6.07) is 13.2. The second-order valence-corrected chi connectivity index (χ2v) is 6.75. The van der Waals surface area contributed by atoms with Crippen LogP contribution in [0.15, 0.2) is 53.0 Å². The van der Waals surface area contributed by atoms with Gasteiger partial charge in [0.2, 0.25) is 0 Å². The van der Waals surface area contributed by atoms with Crippen LogP contribution in [0.1, 0.15) is 34.5 Å². The van der Waals surface area contributed by atoms with Gasteiger partial charge in [0.05, 0.1) is 11.6 Å². The summed E-state index contributed by atoms with van der Waals surface area (Å²) in [6.45, 7) is 1.74. The zero-order valence-corrected chi connectivity index (χ0v) is 16.3. The van der Waals surface area contributed by atoms with Gasteiger partial charge in [-0.3, -0.25) is 4.79 Å². The smallest absolute Gasteiger partial charge is 0.338 e. The molecule has 3 amide bonds. The minimum Gasteiger partial charge on any atom is -0.452 e. The summed E-state index contributed by atoms with van der Waals surface area (Å²) in [6.07, 6.45) is 0. The van der Waals surface area contributed by atoms with Crippen molar-refractivity contribution < 1.29 is 19.1 Å². The average molecular weight is 434 g/mol. The Kier molecular flexibility index (Phi) is 7.36. The van der Waals surface area contributed by atoms with E-state index in [2.05, 4.69) is 26.6 Å². The van der Waals surface area contributed by atoms with Crippen molar-refractivity contribution in [1.82, 2.24) is 10.6 Å². The first-order valence-electron chi connectivity index (χ1n) is 8.19. The third-order valence-electron chi connectivity index (χ3n) is 3.74. The Morgan fingerprint density at radius 2 is 1.70 bits per heavy atom. The van der Waals surface area contributed by atoms with Crippen LogP contribution in [0, 0.1) is 0 Å². The van der Waals surface area contributed by atoms with Crippen LogP contribution in [0.3, 0.4) is 0 Å². The number of esters is 1. The molecule has 0 bridgehead atoms. The van der Waals surface area contributed by atoms with E-state index < -0.39 is 12.0 Å². The van der Waals surface area contributed by atoms with Crippen molar-refractivity contribution in [2.75, 3.05) is 6.61 Å². The van der Waals surface area contributed by atoms with E-state index >= 15 is 0 Å². The van der Waals surface area contributed by atoms with Gasteiger partial charge in [-0.25, -0.2) is 9.59 Å². The fourth-order valence-corrected chi connectivity index (χ4v) is 2.54. The summed E-state index contributed by atoms with van der Waals surface area (Å²) in [4.78, 5) is 34.7. The quantitative estimate of drug-likeness (QED) is 0.582. The number of urea groups is 1. The Morgan fingerprint density at radius 1 is 1.07 bits per heavy atom. The summed E-state index contributed by atoms with van der Waals surface area (Å²) in [5, 5.41) is 5.23. The highest BCUT2D eigenvalue weighted by Gasteiger charge is 2.13. The van der Waals surface area contributed by atoms with E-state index in [0.29, 0.717) is 5.56 Å². The minimum atomic E-state index is -0.623. The number of rotatable bonds is 7. The summed E-state index contributed by atoms with van der Waals surface area (Å²) in [5.41, 5.74) is 7.04. The predicted octanol–water partition coefficient (Wildman–Crippen LogP) is 2.65. The van der Waals surface area contributed by atoms with E-state index in [9.17, 15) is 14.4 Å². The van der Waals surface area contributed by atoms with Crippen LogP contribution in [-0.2, 0) is 16.1 Å². The lowest BCUT2D eigenvalue weighted by Crippen LogP contribution is -2.31. The number of carbonyl (C=O) groups is 3. The van der Waals surface area contributed by atoms with Gasteiger partial charge in [-0.2, -0.15) is 0 Å². The maximum Gasteiger partial charge on any atom is 0.338 e. The third kappa shape index (κ3) is 6.74. The number of hydrogen-bond acceptors (Lipinski definition) is 4. The lowest BCUT2D eigenvalue weighted by atomic mass is 10.1. The molecule has 0 radical (unpaired) electrons. The summed E-state index contributed by atoms with van der Waals surface area (Å²) in [7, 11) is 0. The van der Waals surface area contributed by atoms with Crippen LogP contribution in [0.4, 0.5) is 4.79 Å². The normalized spacial score (nSPS) is 11.3. The maximum absolute atomic E-state index is 12.0. The summed E-state index contributed by atoms with van der Waals surface area (Å²) < 4.78 is 5.99. The van der Waals surface area contributed by atoms with Crippen LogP contribution in [0.2, 0.25) is 0 Å². The summed E-state index contributed by atoms with van der Waals surface area (Å²) >= 11 is 3.36. The van der Waals surface area contributed by atoms with Gasteiger partial charge in [0.25, 0.3) is 5.91 Å². The van der Waals surface area contributed by atoms with Gasteiger partial charge in [-0.05, 0) is 42.3 Å². The summed E-state index contributed by atoms with van der Waals surface area (Å²) in [5.74, 6) is -0.989. The molecule has 1 unspecified atom stereocenters. The Labute approximate surface area is 165 Å². The number of hydrogen-bond donors (Lipinski definition) is 3. The number of nitrogens with one attached hydrogen (secondary N) is 2. The highest BCUT2D eigenvalue weighted by atomic mass is 79.9. The standard InChI is InChI=1S/C19H20BrN3O4/c1-12(14-6-8-16(20)9-7-14)23-17(24)11-27-18(25)15-4-2-13(3-5-15)10-22-19(21)26/h2-9,12H,10-11H2,1H3,(H,23,24)(H3,21,22,26). The largest absolute Gasteiger partial charge is 0.452 e. The first kappa shape index (κ1) is 20.4. The number of benzene rings is 2. The van der Waals surface area contributed by atoms with Crippen LogP contribution < -0.4 is 16.4 Å². The number of ether oxygens (including phenoxy) is 1. The molecule has 4 N–H and O–H groups in total. The molecule has 0 heterocycles. The topological polar surface area (TPSA) is 111 Å². The molecule has 0 aliphatic heterocycles. The number of primary amides is 1. The molecule has 7 nitrogen and oxygen atoms in total. The molecule has 1 atom stereocenters. The fraction of sp³-hybridized carbons (Fsp3) is 0.211. The van der Waals surface area contributed by atoms with Gasteiger partial charge in [-0.1, -0.05) is 40.2 Å². The van der Waals surface area contributed by atoms with E-state index in [0.717, 1.165) is 15.6 Å². The Bertz CT molecular complexity index is 807. The fourth-order valence-electron chi connectivity index (χ4n) is 2.28. The molecule has 2 aromatic rings. The molecular weight excluding hydrogens is 414 g/mol. The van der Waals surface area contributed by atoms with Crippen molar-refractivity contribution in [1.29, 1.82) is 0 Å². The number of carbonyl (C=O) groups excluding carboxylic acids is 3. The molecule has 2 aromatic carbocycles.